The first-order valence-electron chi connectivity index (χ1n) is 9.06. The maximum Gasteiger partial charge on any atom is 0.220 e. The molecule has 1 aromatic heterocycles. The van der Waals surface area contributed by atoms with Crippen LogP contribution in [0.2, 0.25) is 0 Å². The Kier molecular flexibility index (Phi) is 3.49. The summed E-state index contributed by atoms with van der Waals surface area (Å²) in [4.78, 5) is 3.51. The number of hydrogen-bond acceptors (Lipinski definition) is 0. The van der Waals surface area contributed by atoms with Crippen LogP contribution in [0.3, 0.4) is 0 Å². The zero-order valence-electron chi connectivity index (χ0n) is 16.9. The van der Waals surface area contributed by atoms with Crippen LogP contribution in [0.25, 0.3) is 26.9 Å². The smallest absolute Gasteiger partial charge is 0.220 e. The predicted octanol–water partition coefficient (Wildman–Crippen LogP) is 5.62. The van der Waals surface area contributed by atoms with Crippen molar-refractivity contribution >= 4 is 16.5 Å². The second-order valence-corrected chi connectivity index (χ2v) is 6.53. The van der Waals surface area contributed by atoms with Gasteiger partial charge in [0.1, 0.15) is 8.42 Å². The van der Waals surface area contributed by atoms with E-state index in [1.807, 2.05) is 43.7 Å². The molecule has 2 aromatic carbocycles. The summed E-state index contributed by atoms with van der Waals surface area (Å²) in [5, 5.41) is 1.91. The molecule has 0 amide bonds. The standard InChI is InChI=1S/C22H23N2/c1-14(2)18-11-15(3)16(4)21(13-18)22-20-8-7-19(23-5)12-17(20)9-10-24(22)6/h7-14H,1-4,6H3/q+1/i10D,14D. The molecule has 2 heteroatoms. The van der Waals surface area contributed by atoms with Gasteiger partial charge in [-0.05, 0) is 54.0 Å². The molecule has 0 aliphatic rings. The van der Waals surface area contributed by atoms with Gasteiger partial charge in [-0.15, -0.1) is 0 Å². The van der Waals surface area contributed by atoms with E-state index in [-0.39, 0.29) is 0 Å². The molecule has 0 unspecified atom stereocenters. The van der Waals surface area contributed by atoms with Gasteiger partial charge in [-0.1, -0.05) is 32.0 Å². The Morgan fingerprint density at radius 3 is 2.58 bits per heavy atom. The average molecular weight is 317 g/mol. The molecule has 0 N–H and O–H groups in total. The van der Waals surface area contributed by atoms with Crippen LogP contribution >= 0.6 is 0 Å². The third-order valence-electron chi connectivity index (χ3n) is 4.67. The van der Waals surface area contributed by atoms with Crippen molar-refractivity contribution in [3.8, 4) is 11.3 Å². The Labute approximate surface area is 147 Å². The van der Waals surface area contributed by atoms with Gasteiger partial charge in [-0.2, -0.15) is 0 Å². The maximum atomic E-state index is 8.43. The van der Waals surface area contributed by atoms with Crippen LogP contribution in [0.15, 0.2) is 42.6 Å². The highest BCUT2D eigenvalue weighted by molar-refractivity contribution is 5.95. The molecule has 0 fully saturated rings. The summed E-state index contributed by atoms with van der Waals surface area (Å²) in [5.41, 5.74) is 5.81. The summed E-state index contributed by atoms with van der Waals surface area (Å²) in [6, 6.07) is 11.6. The van der Waals surface area contributed by atoms with Gasteiger partial charge < -0.3 is 0 Å². The Bertz CT molecular complexity index is 1070. The van der Waals surface area contributed by atoms with Crippen molar-refractivity contribution in [2.24, 2.45) is 7.05 Å². The fourth-order valence-corrected chi connectivity index (χ4v) is 3.09. The topological polar surface area (TPSA) is 8.24 Å². The van der Waals surface area contributed by atoms with Crippen LogP contribution in [0.5, 0.6) is 0 Å². The first kappa shape index (κ1) is 13.7. The zero-order valence-corrected chi connectivity index (χ0v) is 14.9. The van der Waals surface area contributed by atoms with Gasteiger partial charge in [0.2, 0.25) is 5.69 Å². The molecule has 0 radical (unpaired) electrons. The molecule has 0 saturated heterocycles. The van der Waals surface area contributed by atoms with Crippen LogP contribution in [0.1, 0.15) is 39.2 Å². The van der Waals surface area contributed by atoms with E-state index in [4.69, 9.17) is 9.31 Å². The average Bonchev–Trinajstić information content (AvgIpc) is 2.57. The molecule has 0 bridgehead atoms. The van der Waals surface area contributed by atoms with E-state index in [9.17, 15) is 0 Å². The normalized spacial score (nSPS) is 12.7. The summed E-state index contributed by atoms with van der Waals surface area (Å²) < 4.78 is 18.7. The number of hydrogen-bond donors (Lipinski definition) is 0. The molecule has 0 aliphatic heterocycles. The molecule has 120 valence electrons. The highest BCUT2D eigenvalue weighted by Gasteiger charge is 2.19. The van der Waals surface area contributed by atoms with E-state index in [1.165, 1.54) is 0 Å². The van der Waals surface area contributed by atoms with Gasteiger partial charge in [0.05, 0.1) is 17.5 Å². The van der Waals surface area contributed by atoms with Gasteiger partial charge in [0.15, 0.2) is 11.9 Å². The minimum atomic E-state index is -0.697. The molecular formula is C22H23N2+. The number of rotatable bonds is 2. The predicted molar refractivity (Wildman–Crippen MR) is 100 cm³/mol. The summed E-state index contributed by atoms with van der Waals surface area (Å²) in [7, 11) is 1.90. The highest BCUT2D eigenvalue weighted by atomic mass is 14.9. The molecule has 0 aliphatic carbocycles. The summed E-state index contributed by atoms with van der Waals surface area (Å²) >= 11 is 0. The Hall–Kier alpha value is -2.66. The van der Waals surface area contributed by atoms with Crippen LogP contribution in [-0.2, 0) is 7.05 Å². The minimum absolute atomic E-state index is 0.391. The summed E-state index contributed by atoms with van der Waals surface area (Å²) in [5.74, 6) is -0.697. The molecular weight excluding hydrogens is 292 g/mol. The molecule has 0 saturated carbocycles. The largest absolute Gasteiger partial charge is 0.238 e. The fourth-order valence-electron chi connectivity index (χ4n) is 3.09. The Morgan fingerprint density at radius 2 is 1.92 bits per heavy atom. The maximum absolute atomic E-state index is 8.43. The Balaban J connectivity index is 2.44. The lowest BCUT2D eigenvalue weighted by Gasteiger charge is -2.14. The third kappa shape index (κ3) is 2.67. The van der Waals surface area contributed by atoms with Gasteiger partial charge in [0, 0.05) is 7.44 Å². The minimum Gasteiger partial charge on any atom is -0.238 e. The Morgan fingerprint density at radius 1 is 1.17 bits per heavy atom. The molecule has 1 heterocycles. The van der Waals surface area contributed by atoms with Crippen LogP contribution in [0.4, 0.5) is 5.69 Å². The zero-order chi connectivity index (χ0) is 19.2. The highest BCUT2D eigenvalue weighted by Crippen LogP contribution is 2.33. The van der Waals surface area contributed by atoms with Crippen molar-refractivity contribution in [3.63, 3.8) is 0 Å². The second-order valence-electron chi connectivity index (χ2n) is 6.53. The quantitative estimate of drug-likeness (QED) is 0.428. The second kappa shape index (κ2) is 6.09. The lowest BCUT2D eigenvalue weighted by atomic mass is 9.91. The van der Waals surface area contributed by atoms with Crippen LogP contribution in [0, 0.1) is 20.4 Å². The number of aryl methyl sites for hydroxylation is 1. The molecule has 0 atom stereocenters. The van der Waals surface area contributed by atoms with Crippen molar-refractivity contribution in [1.29, 1.82) is 0 Å². The lowest BCUT2D eigenvalue weighted by Crippen LogP contribution is -2.30. The summed E-state index contributed by atoms with van der Waals surface area (Å²) in [6.07, 6.45) is 0.391. The van der Waals surface area contributed by atoms with Gasteiger partial charge >= 0.3 is 0 Å². The first-order chi connectivity index (χ1) is 12.1. The fraction of sp³-hybridized carbons (Fsp3) is 0.273. The number of nitrogens with zero attached hydrogens (tertiary/aromatic N) is 2. The van der Waals surface area contributed by atoms with Crippen molar-refractivity contribution in [1.82, 2.24) is 0 Å². The molecule has 2 nitrogen and oxygen atoms in total. The van der Waals surface area contributed by atoms with E-state index in [2.05, 4.69) is 30.8 Å². The number of fused-ring (bicyclic) bond motifs is 1. The molecule has 3 aromatic rings. The van der Waals surface area contributed by atoms with Gasteiger partial charge in [-0.3, -0.25) is 0 Å². The van der Waals surface area contributed by atoms with Crippen LogP contribution < -0.4 is 4.57 Å². The lowest BCUT2D eigenvalue weighted by molar-refractivity contribution is -0.659. The SMILES string of the molecule is [2H]c1cc2cc([N+]#[C-])ccc2c(-c2cc(C([2H])(C)C)cc(C)c2C)[n+]1C. The first-order valence-corrected chi connectivity index (χ1v) is 8.06. The third-order valence-corrected chi connectivity index (χ3v) is 4.67. The van der Waals surface area contributed by atoms with E-state index in [0.29, 0.717) is 11.9 Å². The van der Waals surface area contributed by atoms with Crippen molar-refractivity contribution in [2.45, 2.75) is 33.6 Å². The van der Waals surface area contributed by atoms with Crippen LogP contribution in [-0.4, -0.2) is 0 Å². The van der Waals surface area contributed by atoms with Crippen molar-refractivity contribution in [2.75, 3.05) is 0 Å². The van der Waals surface area contributed by atoms with Gasteiger partial charge in [0.25, 0.3) is 0 Å². The van der Waals surface area contributed by atoms with E-state index in [0.717, 1.165) is 38.7 Å². The van der Waals surface area contributed by atoms with E-state index in [1.54, 1.807) is 6.07 Å². The number of aromatic nitrogens is 1. The number of benzene rings is 2. The van der Waals surface area contributed by atoms with Gasteiger partial charge in [-0.25, -0.2) is 9.41 Å². The molecule has 24 heavy (non-hydrogen) atoms. The summed E-state index contributed by atoms with van der Waals surface area (Å²) in [6.45, 7) is 15.2. The van der Waals surface area contributed by atoms with Crippen molar-refractivity contribution in [3.05, 3.63) is 70.7 Å². The molecule has 0 spiro atoms. The van der Waals surface area contributed by atoms with E-state index >= 15 is 0 Å². The van der Waals surface area contributed by atoms with Crippen molar-refractivity contribution < 1.29 is 7.31 Å². The van der Waals surface area contributed by atoms with E-state index < -0.39 is 5.89 Å². The number of pyridine rings is 1. The molecule has 3 rings (SSSR count). The monoisotopic (exact) mass is 317 g/mol.